The molecular weight excluding hydrogens is 189 g/mol. The lowest BCUT2D eigenvalue weighted by atomic mass is 10.2. The average Bonchev–Trinajstić information content (AvgIpc) is 2.81. The second kappa shape index (κ2) is 2.90. The van der Waals surface area contributed by atoms with E-state index in [4.69, 9.17) is 5.73 Å². The SMILES string of the molecule is Nc1ccnc(C2CC2F)c1[N+](=O)[O-]. The first kappa shape index (κ1) is 8.86. The summed E-state index contributed by atoms with van der Waals surface area (Å²) in [5.41, 5.74) is 5.39. The van der Waals surface area contributed by atoms with Gasteiger partial charge in [-0.2, -0.15) is 0 Å². The fraction of sp³-hybridized carbons (Fsp3) is 0.375. The predicted molar refractivity (Wildman–Crippen MR) is 47.6 cm³/mol. The summed E-state index contributed by atoms with van der Waals surface area (Å²) in [7, 11) is 0. The van der Waals surface area contributed by atoms with Gasteiger partial charge < -0.3 is 5.73 Å². The third-order valence-corrected chi connectivity index (χ3v) is 2.23. The zero-order chi connectivity index (χ0) is 10.3. The summed E-state index contributed by atoms with van der Waals surface area (Å²) in [5.74, 6) is -0.445. The monoisotopic (exact) mass is 197 g/mol. The van der Waals surface area contributed by atoms with Crippen LogP contribution in [0.15, 0.2) is 12.3 Å². The van der Waals surface area contributed by atoms with Crippen LogP contribution in [0.1, 0.15) is 18.0 Å². The molecule has 74 valence electrons. The first-order valence-corrected chi connectivity index (χ1v) is 4.14. The van der Waals surface area contributed by atoms with Gasteiger partial charge in [-0.25, -0.2) is 4.39 Å². The molecule has 1 fully saturated rings. The second-order valence-electron chi connectivity index (χ2n) is 3.25. The standard InChI is InChI=1S/C8H8FN3O2/c9-5-3-4(5)7-8(12(13)14)6(10)1-2-11-7/h1-2,4-5H,3H2,(H2,10,11). The molecule has 2 N–H and O–H groups in total. The molecule has 6 heteroatoms. The van der Waals surface area contributed by atoms with Gasteiger partial charge in [-0.1, -0.05) is 0 Å². The Balaban J connectivity index is 2.48. The van der Waals surface area contributed by atoms with Crippen LogP contribution in [0.4, 0.5) is 15.8 Å². The Bertz CT molecular complexity index is 396. The van der Waals surface area contributed by atoms with E-state index >= 15 is 0 Å². The van der Waals surface area contributed by atoms with Crippen molar-refractivity contribution in [3.8, 4) is 0 Å². The average molecular weight is 197 g/mol. The van der Waals surface area contributed by atoms with Crippen molar-refractivity contribution in [2.75, 3.05) is 5.73 Å². The van der Waals surface area contributed by atoms with Gasteiger partial charge in [0.25, 0.3) is 0 Å². The van der Waals surface area contributed by atoms with Crippen molar-refractivity contribution in [2.24, 2.45) is 0 Å². The lowest BCUT2D eigenvalue weighted by molar-refractivity contribution is -0.385. The van der Waals surface area contributed by atoms with E-state index in [9.17, 15) is 14.5 Å². The van der Waals surface area contributed by atoms with E-state index in [1.807, 2.05) is 0 Å². The number of aromatic nitrogens is 1. The van der Waals surface area contributed by atoms with E-state index in [2.05, 4.69) is 4.98 Å². The molecular formula is C8H8FN3O2. The number of nitrogens with zero attached hydrogens (tertiary/aromatic N) is 2. The summed E-state index contributed by atoms with van der Waals surface area (Å²) in [5, 5.41) is 10.6. The number of hydrogen-bond donors (Lipinski definition) is 1. The first-order chi connectivity index (χ1) is 6.61. The van der Waals surface area contributed by atoms with Crippen LogP contribution in [0.5, 0.6) is 0 Å². The molecule has 1 aliphatic rings. The Morgan fingerprint density at radius 3 is 2.86 bits per heavy atom. The minimum atomic E-state index is -1.01. The van der Waals surface area contributed by atoms with E-state index in [-0.39, 0.29) is 17.1 Å². The Hall–Kier alpha value is -1.72. The van der Waals surface area contributed by atoms with Gasteiger partial charge in [0.05, 0.1) is 4.92 Å². The quantitative estimate of drug-likeness (QED) is 0.573. The highest BCUT2D eigenvalue weighted by Gasteiger charge is 2.44. The Morgan fingerprint density at radius 2 is 2.36 bits per heavy atom. The molecule has 0 amide bonds. The number of nitro groups is 1. The van der Waals surface area contributed by atoms with E-state index < -0.39 is 17.0 Å². The van der Waals surface area contributed by atoms with Gasteiger partial charge in [-0.05, 0) is 12.5 Å². The van der Waals surface area contributed by atoms with Crippen molar-refractivity contribution in [1.29, 1.82) is 0 Å². The molecule has 14 heavy (non-hydrogen) atoms. The molecule has 0 aliphatic heterocycles. The number of nitrogens with two attached hydrogens (primary N) is 1. The maximum Gasteiger partial charge on any atom is 0.313 e. The highest BCUT2D eigenvalue weighted by Crippen LogP contribution is 2.46. The Labute approximate surface area is 78.9 Å². The zero-order valence-corrected chi connectivity index (χ0v) is 7.18. The fourth-order valence-corrected chi connectivity index (χ4v) is 1.40. The summed E-state index contributed by atoms with van der Waals surface area (Å²) in [6, 6.07) is 1.34. The van der Waals surface area contributed by atoms with Gasteiger partial charge in [0.2, 0.25) is 0 Å². The van der Waals surface area contributed by atoms with Gasteiger partial charge in [0, 0.05) is 12.1 Å². The van der Waals surface area contributed by atoms with Crippen LogP contribution in [0.25, 0.3) is 0 Å². The first-order valence-electron chi connectivity index (χ1n) is 4.14. The van der Waals surface area contributed by atoms with Gasteiger partial charge in [0.15, 0.2) is 0 Å². The van der Waals surface area contributed by atoms with Crippen LogP contribution in [-0.2, 0) is 0 Å². The van der Waals surface area contributed by atoms with Crippen molar-refractivity contribution in [3.05, 3.63) is 28.1 Å². The Morgan fingerprint density at radius 1 is 1.71 bits per heavy atom. The molecule has 1 aliphatic carbocycles. The maximum atomic E-state index is 12.7. The molecule has 1 saturated carbocycles. The smallest absolute Gasteiger partial charge is 0.313 e. The van der Waals surface area contributed by atoms with Gasteiger partial charge in [-0.3, -0.25) is 15.1 Å². The van der Waals surface area contributed by atoms with Crippen LogP contribution in [0.2, 0.25) is 0 Å². The summed E-state index contributed by atoms with van der Waals surface area (Å²) < 4.78 is 12.7. The molecule has 5 nitrogen and oxygen atoms in total. The molecule has 0 spiro atoms. The summed E-state index contributed by atoms with van der Waals surface area (Å²) in [4.78, 5) is 13.8. The molecule has 1 aromatic heterocycles. The number of anilines is 1. The summed E-state index contributed by atoms with van der Waals surface area (Å²) in [6.07, 6.45) is 0.656. The summed E-state index contributed by atoms with van der Waals surface area (Å²) >= 11 is 0. The van der Waals surface area contributed by atoms with Crippen LogP contribution in [-0.4, -0.2) is 16.1 Å². The maximum absolute atomic E-state index is 12.7. The molecule has 0 radical (unpaired) electrons. The minimum Gasteiger partial charge on any atom is -0.393 e. The predicted octanol–water partition coefficient (Wildman–Crippen LogP) is 1.40. The molecule has 0 saturated heterocycles. The third-order valence-electron chi connectivity index (χ3n) is 2.23. The van der Waals surface area contributed by atoms with Gasteiger partial charge in [0.1, 0.15) is 17.6 Å². The number of halogens is 1. The number of pyridine rings is 1. The fourth-order valence-electron chi connectivity index (χ4n) is 1.40. The van der Waals surface area contributed by atoms with Crippen molar-refractivity contribution in [3.63, 3.8) is 0 Å². The van der Waals surface area contributed by atoms with Crippen molar-refractivity contribution < 1.29 is 9.31 Å². The number of rotatable bonds is 2. The van der Waals surface area contributed by atoms with Crippen molar-refractivity contribution >= 4 is 11.4 Å². The molecule has 2 rings (SSSR count). The van der Waals surface area contributed by atoms with E-state index in [1.165, 1.54) is 12.3 Å². The van der Waals surface area contributed by atoms with Crippen LogP contribution in [0, 0.1) is 10.1 Å². The van der Waals surface area contributed by atoms with Crippen LogP contribution >= 0.6 is 0 Å². The molecule has 0 aromatic carbocycles. The van der Waals surface area contributed by atoms with Crippen molar-refractivity contribution in [1.82, 2.24) is 4.98 Å². The highest BCUT2D eigenvalue weighted by molar-refractivity contribution is 5.61. The highest BCUT2D eigenvalue weighted by atomic mass is 19.1. The number of nitrogen functional groups attached to an aromatic ring is 1. The number of alkyl halides is 1. The normalized spacial score (nSPS) is 24.6. The zero-order valence-electron chi connectivity index (χ0n) is 7.18. The molecule has 1 aromatic rings. The topological polar surface area (TPSA) is 82.0 Å². The molecule has 1 heterocycles. The molecule has 2 unspecified atom stereocenters. The van der Waals surface area contributed by atoms with Gasteiger partial charge >= 0.3 is 5.69 Å². The summed E-state index contributed by atoms with van der Waals surface area (Å²) in [6.45, 7) is 0. The van der Waals surface area contributed by atoms with Crippen LogP contribution < -0.4 is 5.73 Å². The molecule has 0 bridgehead atoms. The van der Waals surface area contributed by atoms with Gasteiger partial charge in [-0.15, -0.1) is 0 Å². The Kier molecular flexibility index (Phi) is 1.83. The molecule has 2 atom stereocenters. The van der Waals surface area contributed by atoms with Crippen LogP contribution in [0.3, 0.4) is 0 Å². The largest absolute Gasteiger partial charge is 0.393 e. The lowest BCUT2D eigenvalue weighted by Crippen LogP contribution is -2.02. The van der Waals surface area contributed by atoms with E-state index in [0.717, 1.165) is 0 Å². The van der Waals surface area contributed by atoms with Crippen molar-refractivity contribution in [2.45, 2.75) is 18.5 Å². The minimum absolute atomic E-state index is 0.0408. The van der Waals surface area contributed by atoms with E-state index in [0.29, 0.717) is 6.42 Å². The number of hydrogen-bond acceptors (Lipinski definition) is 4. The van der Waals surface area contributed by atoms with E-state index in [1.54, 1.807) is 0 Å². The lowest BCUT2D eigenvalue weighted by Gasteiger charge is -2.01. The second-order valence-corrected chi connectivity index (χ2v) is 3.25. The third kappa shape index (κ3) is 1.28.